The lowest BCUT2D eigenvalue weighted by atomic mass is 10.0. The highest BCUT2D eigenvalue weighted by Crippen LogP contribution is 2.36. The zero-order chi connectivity index (χ0) is 12.0. The predicted molar refractivity (Wildman–Crippen MR) is 73.6 cm³/mol. The fourth-order valence-electron chi connectivity index (χ4n) is 1.86. The number of aryl methyl sites for hydroxylation is 2. The molecule has 0 fully saturated rings. The minimum absolute atomic E-state index is 0.0962. The Balaban J connectivity index is 3.01. The summed E-state index contributed by atoms with van der Waals surface area (Å²) in [6.07, 6.45) is 1.96. The highest BCUT2D eigenvalue weighted by Gasteiger charge is 2.16. The third-order valence-electron chi connectivity index (χ3n) is 2.84. The summed E-state index contributed by atoms with van der Waals surface area (Å²) in [5.41, 5.74) is 2.40. The summed E-state index contributed by atoms with van der Waals surface area (Å²) in [5.74, 6) is 0.430. The molecule has 2 aromatic rings. The highest BCUT2D eigenvalue weighted by atomic mass is 79.9. The molecule has 0 unspecified atom stereocenters. The second kappa shape index (κ2) is 4.00. The molecule has 0 saturated heterocycles. The van der Waals surface area contributed by atoms with Crippen LogP contribution in [0.5, 0.6) is 0 Å². The van der Waals surface area contributed by atoms with Crippen LogP contribution in [0.25, 0.3) is 10.1 Å². The van der Waals surface area contributed by atoms with Crippen molar-refractivity contribution in [1.82, 2.24) is 4.57 Å². The van der Waals surface area contributed by atoms with Gasteiger partial charge in [0.25, 0.3) is 5.56 Å². The van der Waals surface area contributed by atoms with Gasteiger partial charge in [-0.25, -0.2) is 0 Å². The number of hydrogen-bond acceptors (Lipinski definition) is 2. The van der Waals surface area contributed by atoms with E-state index in [0.29, 0.717) is 5.92 Å². The van der Waals surface area contributed by atoms with Crippen molar-refractivity contribution in [2.45, 2.75) is 26.7 Å². The van der Waals surface area contributed by atoms with E-state index in [4.69, 9.17) is 0 Å². The molecule has 0 aliphatic heterocycles. The van der Waals surface area contributed by atoms with Crippen molar-refractivity contribution in [2.75, 3.05) is 0 Å². The Kier molecular flexibility index (Phi) is 2.97. The first-order valence-electron chi connectivity index (χ1n) is 5.21. The molecular formula is C12H14BrNOS. The average molecular weight is 300 g/mol. The van der Waals surface area contributed by atoms with E-state index in [0.717, 1.165) is 19.4 Å². The van der Waals surface area contributed by atoms with Gasteiger partial charge in [0.15, 0.2) is 0 Å². The third-order valence-corrected chi connectivity index (χ3v) is 5.05. The van der Waals surface area contributed by atoms with Crippen LogP contribution in [-0.2, 0) is 7.05 Å². The zero-order valence-electron chi connectivity index (χ0n) is 9.80. The normalized spacial score (nSPS) is 11.6. The molecule has 0 saturated carbocycles. The Morgan fingerprint density at radius 2 is 2.06 bits per heavy atom. The molecule has 16 heavy (non-hydrogen) atoms. The molecule has 2 heterocycles. The maximum atomic E-state index is 12.1. The van der Waals surface area contributed by atoms with Gasteiger partial charge >= 0.3 is 0 Å². The maximum Gasteiger partial charge on any atom is 0.259 e. The van der Waals surface area contributed by atoms with E-state index in [1.165, 1.54) is 5.56 Å². The summed E-state index contributed by atoms with van der Waals surface area (Å²) in [6, 6.07) is 0. The summed E-state index contributed by atoms with van der Waals surface area (Å²) < 4.78 is 3.87. The van der Waals surface area contributed by atoms with Crippen LogP contribution in [0, 0.1) is 6.92 Å². The van der Waals surface area contributed by atoms with Gasteiger partial charge in [0, 0.05) is 17.9 Å². The number of aromatic nitrogens is 1. The molecular weight excluding hydrogens is 286 g/mol. The average Bonchev–Trinajstić information content (AvgIpc) is 2.49. The van der Waals surface area contributed by atoms with Crippen molar-refractivity contribution in [3.63, 3.8) is 0 Å². The Morgan fingerprint density at radius 3 is 2.62 bits per heavy atom. The number of pyridine rings is 1. The summed E-state index contributed by atoms with van der Waals surface area (Å²) in [7, 11) is 1.82. The molecule has 86 valence electrons. The first-order valence-corrected chi connectivity index (χ1v) is 6.82. The first kappa shape index (κ1) is 11.9. The molecule has 2 rings (SSSR count). The largest absolute Gasteiger partial charge is 0.318 e. The number of thiophene rings is 1. The van der Waals surface area contributed by atoms with Crippen molar-refractivity contribution in [2.24, 2.45) is 7.05 Å². The van der Waals surface area contributed by atoms with Gasteiger partial charge in [0.05, 0.1) is 9.17 Å². The van der Waals surface area contributed by atoms with Gasteiger partial charge in [-0.15, -0.1) is 11.3 Å². The fourth-order valence-corrected chi connectivity index (χ4v) is 3.73. The lowest BCUT2D eigenvalue weighted by Gasteiger charge is -2.09. The molecule has 0 aliphatic rings. The predicted octanol–water partition coefficient (Wildman–Crippen LogP) is 3.79. The van der Waals surface area contributed by atoms with E-state index < -0.39 is 0 Å². The van der Waals surface area contributed by atoms with E-state index in [2.05, 4.69) is 29.8 Å². The fraction of sp³-hybridized carbons (Fsp3) is 0.417. The van der Waals surface area contributed by atoms with Crippen molar-refractivity contribution in [3.8, 4) is 0 Å². The van der Waals surface area contributed by atoms with Crippen molar-refractivity contribution in [1.29, 1.82) is 0 Å². The van der Waals surface area contributed by atoms with Crippen LogP contribution < -0.4 is 5.56 Å². The number of hydrogen-bond donors (Lipinski definition) is 0. The van der Waals surface area contributed by atoms with Gasteiger partial charge in [-0.2, -0.15) is 0 Å². The van der Waals surface area contributed by atoms with Gasteiger partial charge in [-0.1, -0.05) is 13.8 Å². The maximum absolute atomic E-state index is 12.1. The monoisotopic (exact) mass is 299 g/mol. The first-order chi connectivity index (χ1) is 7.43. The minimum Gasteiger partial charge on any atom is -0.318 e. The molecule has 2 aromatic heterocycles. The summed E-state index contributed by atoms with van der Waals surface area (Å²) in [4.78, 5) is 12.1. The molecule has 0 aliphatic carbocycles. The van der Waals surface area contributed by atoms with E-state index >= 15 is 0 Å². The topological polar surface area (TPSA) is 22.0 Å². The van der Waals surface area contributed by atoms with Gasteiger partial charge in [-0.3, -0.25) is 4.79 Å². The number of nitrogens with zero attached hydrogens (tertiary/aromatic N) is 1. The van der Waals surface area contributed by atoms with E-state index in [1.807, 2.05) is 20.2 Å². The van der Waals surface area contributed by atoms with Crippen LogP contribution in [0.4, 0.5) is 0 Å². The Hall–Kier alpha value is -0.610. The van der Waals surface area contributed by atoms with Crippen molar-refractivity contribution < 1.29 is 0 Å². The van der Waals surface area contributed by atoms with Crippen molar-refractivity contribution in [3.05, 3.63) is 31.5 Å². The highest BCUT2D eigenvalue weighted by molar-refractivity contribution is 9.11. The molecule has 2 nitrogen and oxygen atoms in total. The van der Waals surface area contributed by atoms with E-state index in [9.17, 15) is 4.79 Å². The second-order valence-corrected chi connectivity index (χ2v) is 6.70. The zero-order valence-corrected chi connectivity index (χ0v) is 12.2. The van der Waals surface area contributed by atoms with Crippen LogP contribution in [0.1, 0.15) is 30.9 Å². The molecule has 0 radical (unpaired) electrons. The molecule has 0 atom stereocenters. The van der Waals surface area contributed by atoms with Crippen LogP contribution in [0.15, 0.2) is 14.8 Å². The van der Waals surface area contributed by atoms with Crippen molar-refractivity contribution >= 4 is 37.4 Å². The number of rotatable bonds is 1. The van der Waals surface area contributed by atoms with E-state index in [-0.39, 0.29) is 5.56 Å². The molecule has 4 heteroatoms. The Labute approximate surface area is 107 Å². The molecule has 0 aromatic carbocycles. The van der Waals surface area contributed by atoms with Gasteiger partial charge < -0.3 is 4.57 Å². The van der Waals surface area contributed by atoms with Crippen LogP contribution in [-0.4, -0.2) is 4.57 Å². The molecule has 0 spiro atoms. The number of halogens is 1. The SMILES string of the molecule is Cc1c(Br)sc2c(C(C)C)cn(C)c(=O)c12. The standard InChI is InChI=1S/C12H14BrNOS/c1-6(2)8-5-14(4)12(15)9-7(3)11(13)16-10(8)9/h5-6H,1-4H3. The summed E-state index contributed by atoms with van der Waals surface area (Å²) >= 11 is 5.18. The minimum atomic E-state index is 0.0962. The van der Waals surface area contributed by atoms with Gasteiger partial charge in [0.1, 0.15) is 0 Å². The summed E-state index contributed by atoms with van der Waals surface area (Å²) in [6.45, 7) is 6.30. The molecule has 0 bridgehead atoms. The lowest BCUT2D eigenvalue weighted by Crippen LogP contribution is -2.17. The van der Waals surface area contributed by atoms with E-state index in [1.54, 1.807) is 15.9 Å². The quantitative estimate of drug-likeness (QED) is 0.785. The molecule has 0 N–H and O–H groups in total. The van der Waals surface area contributed by atoms with Gasteiger partial charge in [-0.05, 0) is 39.9 Å². The lowest BCUT2D eigenvalue weighted by molar-refractivity contribution is 0.811. The van der Waals surface area contributed by atoms with Crippen LogP contribution >= 0.6 is 27.3 Å². The Morgan fingerprint density at radius 1 is 1.44 bits per heavy atom. The Bertz CT molecular complexity index is 609. The third kappa shape index (κ3) is 1.64. The molecule has 0 amide bonds. The van der Waals surface area contributed by atoms with Gasteiger partial charge in [0.2, 0.25) is 0 Å². The summed E-state index contributed by atoms with van der Waals surface area (Å²) in [5, 5.41) is 0.866. The van der Waals surface area contributed by atoms with Crippen LogP contribution in [0.3, 0.4) is 0 Å². The van der Waals surface area contributed by atoms with Crippen LogP contribution in [0.2, 0.25) is 0 Å². The second-order valence-electron chi connectivity index (χ2n) is 4.36. The number of fused-ring (bicyclic) bond motifs is 1. The smallest absolute Gasteiger partial charge is 0.259 e.